The molecular weight excluding hydrogens is 369 g/mol. The number of halogens is 3. The SMILES string of the molecule is CCCOc1c(Cl)cc(CNc2ccc(Cl)c(Cl)c2)cc1OCC. The van der Waals surface area contributed by atoms with Crippen molar-refractivity contribution in [2.75, 3.05) is 18.5 Å². The molecule has 24 heavy (non-hydrogen) atoms. The van der Waals surface area contributed by atoms with E-state index in [4.69, 9.17) is 44.3 Å². The fourth-order valence-electron chi connectivity index (χ4n) is 2.14. The molecule has 130 valence electrons. The van der Waals surface area contributed by atoms with E-state index in [9.17, 15) is 0 Å². The number of ether oxygens (including phenoxy) is 2. The van der Waals surface area contributed by atoms with E-state index in [0.29, 0.717) is 46.3 Å². The molecule has 3 nitrogen and oxygen atoms in total. The molecule has 2 aromatic carbocycles. The van der Waals surface area contributed by atoms with Crippen LogP contribution in [0.4, 0.5) is 5.69 Å². The molecule has 0 saturated heterocycles. The third-order valence-electron chi connectivity index (χ3n) is 3.24. The van der Waals surface area contributed by atoms with Crippen molar-refractivity contribution in [3.05, 3.63) is 51.0 Å². The molecule has 0 radical (unpaired) electrons. The van der Waals surface area contributed by atoms with Gasteiger partial charge >= 0.3 is 0 Å². The van der Waals surface area contributed by atoms with Crippen LogP contribution in [0.3, 0.4) is 0 Å². The molecule has 2 aromatic rings. The topological polar surface area (TPSA) is 30.5 Å². The Morgan fingerprint density at radius 2 is 1.71 bits per heavy atom. The maximum atomic E-state index is 6.36. The first-order chi connectivity index (χ1) is 11.5. The zero-order valence-corrected chi connectivity index (χ0v) is 15.9. The molecule has 0 spiro atoms. The van der Waals surface area contributed by atoms with Crippen molar-refractivity contribution in [3.8, 4) is 11.5 Å². The van der Waals surface area contributed by atoms with Gasteiger partial charge in [-0.15, -0.1) is 0 Å². The standard InChI is InChI=1S/C18H20Cl3NO2/c1-3-7-24-18-16(21)8-12(9-17(18)23-4-2)11-22-13-5-6-14(19)15(20)10-13/h5-6,8-10,22H,3-4,7,11H2,1-2H3. The van der Waals surface area contributed by atoms with E-state index in [1.807, 2.05) is 32.0 Å². The van der Waals surface area contributed by atoms with Gasteiger partial charge in [-0.2, -0.15) is 0 Å². The lowest BCUT2D eigenvalue weighted by Gasteiger charge is -2.15. The Hall–Kier alpha value is -1.29. The summed E-state index contributed by atoms with van der Waals surface area (Å²) in [5, 5.41) is 4.87. The molecule has 0 saturated carbocycles. The van der Waals surface area contributed by atoms with Crippen LogP contribution in [-0.2, 0) is 6.54 Å². The average molecular weight is 389 g/mol. The summed E-state index contributed by atoms with van der Waals surface area (Å²) in [5.74, 6) is 1.25. The summed E-state index contributed by atoms with van der Waals surface area (Å²) >= 11 is 18.3. The molecule has 2 rings (SSSR count). The van der Waals surface area contributed by atoms with Gasteiger partial charge in [-0.05, 0) is 49.2 Å². The zero-order chi connectivity index (χ0) is 17.5. The summed E-state index contributed by atoms with van der Waals surface area (Å²) in [6.07, 6.45) is 0.905. The number of hydrogen-bond acceptors (Lipinski definition) is 3. The highest BCUT2D eigenvalue weighted by Gasteiger charge is 2.12. The summed E-state index contributed by atoms with van der Waals surface area (Å²) in [7, 11) is 0. The van der Waals surface area contributed by atoms with Gasteiger partial charge in [0, 0.05) is 12.2 Å². The maximum Gasteiger partial charge on any atom is 0.179 e. The van der Waals surface area contributed by atoms with Crippen molar-refractivity contribution >= 4 is 40.5 Å². The van der Waals surface area contributed by atoms with Crippen molar-refractivity contribution in [1.29, 1.82) is 0 Å². The first-order valence-electron chi connectivity index (χ1n) is 7.82. The lowest BCUT2D eigenvalue weighted by molar-refractivity contribution is 0.277. The molecule has 0 fully saturated rings. The first kappa shape index (κ1) is 19.0. The molecule has 0 heterocycles. The van der Waals surface area contributed by atoms with Gasteiger partial charge in [-0.1, -0.05) is 41.7 Å². The Morgan fingerprint density at radius 1 is 0.917 bits per heavy atom. The Labute approximate surface area is 157 Å². The quantitative estimate of drug-likeness (QED) is 0.564. The molecule has 1 N–H and O–H groups in total. The van der Waals surface area contributed by atoms with E-state index in [1.165, 1.54) is 0 Å². The number of benzene rings is 2. The Bertz CT molecular complexity index is 692. The monoisotopic (exact) mass is 387 g/mol. The minimum atomic E-state index is 0.512. The van der Waals surface area contributed by atoms with Crippen LogP contribution in [0, 0.1) is 0 Å². The van der Waals surface area contributed by atoms with E-state index in [2.05, 4.69) is 5.32 Å². The fraction of sp³-hybridized carbons (Fsp3) is 0.333. The van der Waals surface area contributed by atoms with Crippen molar-refractivity contribution in [3.63, 3.8) is 0 Å². The van der Waals surface area contributed by atoms with Gasteiger partial charge in [0.2, 0.25) is 0 Å². The van der Waals surface area contributed by atoms with E-state index in [1.54, 1.807) is 12.1 Å². The highest BCUT2D eigenvalue weighted by molar-refractivity contribution is 6.42. The minimum absolute atomic E-state index is 0.512. The number of rotatable bonds is 8. The first-order valence-corrected chi connectivity index (χ1v) is 8.95. The fourth-order valence-corrected chi connectivity index (χ4v) is 2.73. The second kappa shape index (κ2) is 9.26. The van der Waals surface area contributed by atoms with Gasteiger partial charge < -0.3 is 14.8 Å². The summed E-state index contributed by atoms with van der Waals surface area (Å²) in [4.78, 5) is 0. The van der Waals surface area contributed by atoms with Crippen LogP contribution in [-0.4, -0.2) is 13.2 Å². The molecule has 0 aliphatic heterocycles. The third kappa shape index (κ3) is 5.10. The van der Waals surface area contributed by atoms with Gasteiger partial charge in [0.25, 0.3) is 0 Å². The summed E-state index contributed by atoms with van der Waals surface area (Å²) in [6.45, 7) is 5.69. The largest absolute Gasteiger partial charge is 0.490 e. The highest BCUT2D eigenvalue weighted by atomic mass is 35.5. The number of hydrogen-bond donors (Lipinski definition) is 1. The van der Waals surface area contributed by atoms with Crippen LogP contribution in [0.5, 0.6) is 11.5 Å². The minimum Gasteiger partial charge on any atom is -0.490 e. The van der Waals surface area contributed by atoms with Crippen LogP contribution in [0.2, 0.25) is 15.1 Å². The maximum absolute atomic E-state index is 6.36. The Balaban J connectivity index is 2.16. The van der Waals surface area contributed by atoms with Gasteiger partial charge in [0.1, 0.15) is 0 Å². The molecule has 6 heteroatoms. The molecule has 0 atom stereocenters. The van der Waals surface area contributed by atoms with Gasteiger partial charge in [0.15, 0.2) is 11.5 Å². The average Bonchev–Trinajstić information content (AvgIpc) is 2.55. The molecule has 0 aliphatic rings. The summed E-state index contributed by atoms with van der Waals surface area (Å²) in [5.41, 5.74) is 1.86. The van der Waals surface area contributed by atoms with Crippen LogP contribution in [0.1, 0.15) is 25.8 Å². The summed E-state index contributed by atoms with van der Waals surface area (Å²) < 4.78 is 11.4. The van der Waals surface area contributed by atoms with E-state index < -0.39 is 0 Å². The van der Waals surface area contributed by atoms with E-state index in [-0.39, 0.29) is 0 Å². The highest BCUT2D eigenvalue weighted by Crippen LogP contribution is 2.37. The molecular formula is C18H20Cl3NO2. The van der Waals surface area contributed by atoms with Crippen molar-refractivity contribution in [2.45, 2.75) is 26.8 Å². The normalized spacial score (nSPS) is 10.5. The predicted molar refractivity (Wildman–Crippen MR) is 102 cm³/mol. The molecule has 0 unspecified atom stereocenters. The zero-order valence-electron chi connectivity index (χ0n) is 13.7. The summed E-state index contributed by atoms with van der Waals surface area (Å²) in [6, 6.07) is 9.22. The van der Waals surface area contributed by atoms with Crippen LogP contribution >= 0.6 is 34.8 Å². The molecule has 0 bridgehead atoms. The lowest BCUT2D eigenvalue weighted by Crippen LogP contribution is -2.04. The second-order valence-corrected chi connectivity index (χ2v) is 6.39. The lowest BCUT2D eigenvalue weighted by atomic mass is 10.2. The molecule has 0 amide bonds. The van der Waals surface area contributed by atoms with Crippen LogP contribution in [0.15, 0.2) is 30.3 Å². The van der Waals surface area contributed by atoms with Gasteiger partial charge in [-0.3, -0.25) is 0 Å². The van der Waals surface area contributed by atoms with Crippen LogP contribution < -0.4 is 14.8 Å². The Morgan fingerprint density at radius 3 is 2.38 bits per heavy atom. The van der Waals surface area contributed by atoms with Crippen molar-refractivity contribution in [2.24, 2.45) is 0 Å². The van der Waals surface area contributed by atoms with E-state index >= 15 is 0 Å². The van der Waals surface area contributed by atoms with Crippen molar-refractivity contribution < 1.29 is 9.47 Å². The van der Waals surface area contributed by atoms with Crippen molar-refractivity contribution in [1.82, 2.24) is 0 Å². The number of nitrogens with one attached hydrogen (secondary N) is 1. The Kier molecular flexibility index (Phi) is 7.35. The van der Waals surface area contributed by atoms with Crippen LogP contribution in [0.25, 0.3) is 0 Å². The number of anilines is 1. The predicted octanol–water partition coefficient (Wildman–Crippen LogP) is 6.45. The third-order valence-corrected chi connectivity index (χ3v) is 4.26. The van der Waals surface area contributed by atoms with Gasteiger partial charge in [-0.25, -0.2) is 0 Å². The van der Waals surface area contributed by atoms with Gasteiger partial charge in [0.05, 0.1) is 28.3 Å². The smallest absolute Gasteiger partial charge is 0.179 e. The second-order valence-electron chi connectivity index (χ2n) is 5.17. The molecule has 0 aromatic heterocycles. The van der Waals surface area contributed by atoms with E-state index in [0.717, 1.165) is 17.7 Å². The molecule has 0 aliphatic carbocycles.